The molecule has 1 heterocycles. The van der Waals surface area contributed by atoms with Gasteiger partial charge in [-0.2, -0.15) is 0 Å². The molecule has 4 rings (SSSR count). The van der Waals surface area contributed by atoms with Gasteiger partial charge >= 0.3 is 5.97 Å². The number of nitrogens with one attached hydrogen (secondary N) is 1. The SMILES string of the molecule is COC(=O)c1cc(-c2ccccc2)ccc1N1C(=O)c2ccc(C(=O)NS(C)(=O)=O)cc2C1=O. The van der Waals surface area contributed by atoms with Crippen molar-refractivity contribution in [1.29, 1.82) is 0 Å². The first-order valence-electron chi connectivity index (χ1n) is 9.93. The summed E-state index contributed by atoms with van der Waals surface area (Å²) in [6, 6.07) is 17.6. The van der Waals surface area contributed by atoms with Crippen molar-refractivity contribution in [3.63, 3.8) is 0 Å². The average molecular weight is 478 g/mol. The molecule has 0 fully saturated rings. The van der Waals surface area contributed by atoms with Crippen LogP contribution >= 0.6 is 0 Å². The van der Waals surface area contributed by atoms with Crippen LogP contribution in [-0.4, -0.2) is 45.5 Å². The maximum Gasteiger partial charge on any atom is 0.340 e. The second-order valence-corrected chi connectivity index (χ2v) is 9.25. The number of benzene rings is 3. The summed E-state index contributed by atoms with van der Waals surface area (Å²) in [6.07, 6.45) is 0.822. The highest BCUT2D eigenvalue weighted by molar-refractivity contribution is 7.89. The molecule has 172 valence electrons. The average Bonchev–Trinajstić information content (AvgIpc) is 3.07. The van der Waals surface area contributed by atoms with E-state index in [0.717, 1.165) is 22.8 Å². The maximum absolute atomic E-state index is 13.2. The fourth-order valence-electron chi connectivity index (χ4n) is 3.64. The molecule has 0 saturated carbocycles. The summed E-state index contributed by atoms with van der Waals surface area (Å²) in [5.41, 5.74) is 1.36. The van der Waals surface area contributed by atoms with E-state index in [1.54, 1.807) is 6.07 Å². The Labute approximate surface area is 195 Å². The van der Waals surface area contributed by atoms with Crippen molar-refractivity contribution in [2.75, 3.05) is 18.3 Å². The quantitative estimate of drug-likeness (QED) is 0.441. The van der Waals surface area contributed by atoms with Gasteiger partial charge in [0.2, 0.25) is 10.0 Å². The number of ether oxygens (including phenoxy) is 1. The Bertz CT molecular complexity index is 1460. The van der Waals surface area contributed by atoms with Crippen molar-refractivity contribution >= 4 is 39.4 Å². The van der Waals surface area contributed by atoms with Crippen LogP contribution in [0.4, 0.5) is 5.69 Å². The normalized spacial score (nSPS) is 12.9. The highest BCUT2D eigenvalue weighted by Gasteiger charge is 2.39. The number of rotatable bonds is 5. The lowest BCUT2D eigenvalue weighted by Gasteiger charge is -2.18. The van der Waals surface area contributed by atoms with Gasteiger partial charge in [0.25, 0.3) is 17.7 Å². The summed E-state index contributed by atoms with van der Waals surface area (Å²) in [6.45, 7) is 0. The number of sulfonamides is 1. The van der Waals surface area contributed by atoms with Crippen molar-refractivity contribution in [2.45, 2.75) is 0 Å². The third-order valence-electron chi connectivity index (χ3n) is 5.18. The van der Waals surface area contributed by atoms with Gasteiger partial charge in [0.1, 0.15) is 0 Å². The van der Waals surface area contributed by atoms with Crippen LogP contribution in [-0.2, 0) is 14.8 Å². The van der Waals surface area contributed by atoms with Crippen LogP contribution in [0.3, 0.4) is 0 Å². The predicted octanol–water partition coefficient (Wildman–Crippen LogP) is 2.63. The number of hydrogen-bond acceptors (Lipinski definition) is 7. The van der Waals surface area contributed by atoms with Gasteiger partial charge in [-0.3, -0.25) is 14.4 Å². The maximum atomic E-state index is 13.2. The fraction of sp³-hybridized carbons (Fsp3) is 0.0833. The standard InChI is InChI=1S/C24H18N2O7S/c1-33-24(30)19-12-15(14-6-4-3-5-7-14)9-11-20(19)26-22(28)17-10-8-16(13-18(17)23(26)29)21(27)25-34(2,31)32/h3-13H,1-2H3,(H,25,27). The molecule has 1 aliphatic heterocycles. The minimum atomic E-state index is -3.82. The molecule has 0 radical (unpaired) electrons. The smallest absolute Gasteiger partial charge is 0.340 e. The first-order chi connectivity index (χ1) is 16.1. The number of hydrogen-bond donors (Lipinski definition) is 1. The van der Waals surface area contributed by atoms with E-state index in [2.05, 4.69) is 0 Å². The van der Waals surface area contributed by atoms with Crippen LogP contribution < -0.4 is 9.62 Å². The number of methoxy groups -OCH3 is 1. The minimum Gasteiger partial charge on any atom is -0.465 e. The van der Waals surface area contributed by atoms with Crippen molar-refractivity contribution in [1.82, 2.24) is 4.72 Å². The lowest BCUT2D eigenvalue weighted by atomic mass is 10.0. The van der Waals surface area contributed by atoms with Crippen LogP contribution in [0.5, 0.6) is 0 Å². The lowest BCUT2D eigenvalue weighted by molar-refractivity contribution is 0.0601. The van der Waals surface area contributed by atoms with Gasteiger partial charge in [-0.15, -0.1) is 0 Å². The summed E-state index contributed by atoms with van der Waals surface area (Å²) < 4.78 is 29.4. The monoisotopic (exact) mass is 478 g/mol. The van der Waals surface area contributed by atoms with E-state index in [0.29, 0.717) is 5.56 Å². The van der Waals surface area contributed by atoms with Gasteiger partial charge in [-0.05, 0) is 41.5 Å². The molecular weight excluding hydrogens is 460 g/mol. The Kier molecular flexibility index (Phi) is 5.76. The van der Waals surface area contributed by atoms with Crippen LogP contribution in [0.25, 0.3) is 11.1 Å². The molecule has 3 amide bonds. The molecule has 1 N–H and O–H groups in total. The molecule has 0 bridgehead atoms. The molecule has 10 heteroatoms. The molecular formula is C24H18N2O7S. The molecule has 0 unspecified atom stereocenters. The topological polar surface area (TPSA) is 127 Å². The van der Waals surface area contributed by atoms with E-state index < -0.39 is 33.7 Å². The van der Waals surface area contributed by atoms with Gasteiger partial charge < -0.3 is 4.74 Å². The number of nitrogens with zero attached hydrogens (tertiary/aromatic N) is 1. The van der Waals surface area contributed by atoms with E-state index in [-0.39, 0.29) is 27.9 Å². The van der Waals surface area contributed by atoms with E-state index in [1.165, 1.54) is 31.4 Å². The van der Waals surface area contributed by atoms with Gasteiger partial charge in [-0.1, -0.05) is 36.4 Å². The molecule has 0 saturated heterocycles. The van der Waals surface area contributed by atoms with E-state index >= 15 is 0 Å². The highest BCUT2D eigenvalue weighted by atomic mass is 32.2. The Morgan fingerprint density at radius 3 is 2.18 bits per heavy atom. The van der Waals surface area contributed by atoms with Gasteiger partial charge in [0.05, 0.1) is 35.7 Å². The third-order valence-corrected chi connectivity index (χ3v) is 5.73. The summed E-state index contributed by atoms with van der Waals surface area (Å²) in [7, 11) is -2.63. The summed E-state index contributed by atoms with van der Waals surface area (Å²) >= 11 is 0. The van der Waals surface area contributed by atoms with Crippen molar-refractivity contribution < 1.29 is 32.3 Å². The van der Waals surface area contributed by atoms with Crippen molar-refractivity contribution in [2.24, 2.45) is 0 Å². The predicted molar refractivity (Wildman–Crippen MR) is 123 cm³/mol. The number of imide groups is 1. The number of carbonyl (C=O) groups is 4. The van der Waals surface area contributed by atoms with Crippen molar-refractivity contribution in [3.8, 4) is 11.1 Å². The number of carbonyl (C=O) groups excluding carboxylic acids is 4. The Hall–Kier alpha value is -4.31. The summed E-state index contributed by atoms with van der Waals surface area (Å²) in [4.78, 5) is 51.9. The molecule has 0 aliphatic carbocycles. The van der Waals surface area contributed by atoms with Gasteiger partial charge in [0, 0.05) is 5.56 Å². The van der Waals surface area contributed by atoms with E-state index in [4.69, 9.17) is 4.74 Å². The van der Waals surface area contributed by atoms with Crippen molar-refractivity contribution in [3.05, 3.63) is 89.0 Å². The van der Waals surface area contributed by atoms with Crippen LogP contribution in [0.2, 0.25) is 0 Å². The zero-order chi connectivity index (χ0) is 24.6. The zero-order valence-electron chi connectivity index (χ0n) is 18.1. The number of fused-ring (bicyclic) bond motifs is 1. The number of amides is 3. The Balaban J connectivity index is 1.77. The van der Waals surface area contributed by atoms with Gasteiger partial charge in [-0.25, -0.2) is 22.8 Å². The first-order valence-corrected chi connectivity index (χ1v) is 11.8. The molecule has 9 nitrogen and oxygen atoms in total. The number of anilines is 1. The molecule has 0 aromatic heterocycles. The minimum absolute atomic E-state index is 0.00778. The van der Waals surface area contributed by atoms with E-state index in [9.17, 15) is 27.6 Å². The van der Waals surface area contributed by atoms with Crippen LogP contribution in [0, 0.1) is 0 Å². The molecule has 1 aliphatic rings. The molecule has 0 spiro atoms. The number of esters is 1. The molecule has 34 heavy (non-hydrogen) atoms. The highest BCUT2D eigenvalue weighted by Crippen LogP contribution is 2.34. The van der Waals surface area contributed by atoms with E-state index in [1.807, 2.05) is 35.1 Å². The fourth-order valence-corrected chi connectivity index (χ4v) is 4.10. The molecule has 3 aromatic rings. The summed E-state index contributed by atoms with van der Waals surface area (Å²) in [5, 5.41) is 0. The second-order valence-electron chi connectivity index (χ2n) is 7.50. The Morgan fingerprint density at radius 2 is 1.53 bits per heavy atom. The molecule has 0 atom stereocenters. The summed E-state index contributed by atoms with van der Waals surface area (Å²) in [5.74, 6) is -3.12. The lowest BCUT2D eigenvalue weighted by Crippen LogP contribution is -2.31. The largest absolute Gasteiger partial charge is 0.465 e. The molecule has 3 aromatic carbocycles. The first kappa shape index (κ1) is 22.9. The van der Waals surface area contributed by atoms with Crippen LogP contribution in [0.1, 0.15) is 41.4 Å². The Morgan fingerprint density at radius 1 is 0.853 bits per heavy atom. The second kappa shape index (κ2) is 8.56. The zero-order valence-corrected chi connectivity index (χ0v) is 18.9. The van der Waals surface area contributed by atoms with Crippen LogP contribution in [0.15, 0.2) is 66.7 Å². The van der Waals surface area contributed by atoms with Gasteiger partial charge in [0.15, 0.2) is 0 Å². The third kappa shape index (κ3) is 4.18.